The van der Waals surface area contributed by atoms with E-state index in [0.29, 0.717) is 41.2 Å². The molecule has 7 nitrogen and oxygen atoms in total. The molecule has 31 heavy (non-hydrogen) atoms. The van der Waals surface area contributed by atoms with Crippen LogP contribution in [0, 0.1) is 0 Å². The number of hydrogen-bond acceptors (Lipinski definition) is 4. The Balaban J connectivity index is 1.48. The summed E-state index contributed by atoms with van der Waals surface area (Å²) in [5.74, 6) is -0.503. The van der Waals surface area contributed by atoms with Crippen molar-refractivity contribution in [3.63, 3.8) is 0 Å². The molecule has 0 bridgehead atoms. The number of carbonyl (C=O) groups excluding carboxylic acids is 2. The van der Waals surface area contributed by atoms with Crippen LogP contribution in [-0.4, -0.2) is 32.5 Å². The Hall–Kier alpha value is -3.65. The second-order valence-corrected chi connectivity index (χ2v) is 9.12. The third kappa shape index (κ3) is 4.59. The van der Waals surface area contributed by atoms with Crippen LogP contribution < -0.4 is 14.9 Å². The first kappa shape index (κ1) is 20.6. The van der Waals surface area contributed by atoms with Gasteiger partial charge in [-0.1, -0.05) is 30.3 Å². The smallest absolute Gasteiger partial charge is 0.255 e. The van der Waals surface area contributed by atoms with E-state index in [1.165, 1.54) is 4.31 Å². The standard InChI is InChI=1S/C23H21N3O4S/c27-22(17-7-2-1-3-8-17)24-20-9-4-5-10-21(20)25-23(28)18-11-13-19(14-12-18)26-15-6-16-31(26,29)30/h1-5,7-14H,6,15-16H2,(H,24,27)(H,25,28). The van der Waals surface area contributed by atoms with Crippen LogP contribution in [0.5, 0.6) is 0 Å². The second-order valence-electron chi connectivity index (χ2n) is 7.11. The molecular weight excluding hydrogens is 414 g/mol. The van der Waals surface area contributed by atoms with E-state index < -0.39 is 10.0 Å². The number of sulfonamides is 1. The second kappa shape index (κ2) is 8.61. The van der Waals surface area contributed by atoms with Crippen LogP contribution in [0.15, 0.2) is 78.9 Å². The first-order valence-electron chi connectivity index (χ1n) is 9.81. The Morgan fingerprint density at radius 2 is 1.23 bits per heavy atom. The summed E-state index contributed by atoms with van der Waals surface area (Å²) in [7, 11) is -3.27. The molecule has 4 rings (SSSR count). The van der Waals surface area contributed by atoms with Gasteiger partial charge in [-0.15, -0.1) is 0 Å². The molecule has 0 radical (unpaired) electrons. The lowest BCUT2D eigenvalue weighted by atomic mass is 10.1. The van der Waals surface area contributed by atoms with E-state index in [1.54, 1.807) is 72.8 Å². The van der Waals surface area contributed by atoms with Crippen molar-refractivity contribution in [1.82, 2.24) is 0 Å². The van der Waals surface area contributed by atoms with Gasteiger partial charge >= 0.3 is 0 Å². The van der Waals surface area contributed by atoms with Crippen LogP contribution in [0.3, 0.4) is 0 Å². The van der Waals surface area contributed by atoms with E-state index >= 15 is 0 Å². The maximum atomic E-state index is 12.7. The minimum Gasteiger partial charge on any atom is -0.320 e. The van der Waals surface area contributed by atoms with Gasteiger partial charge in [-0.3, -0.25) is 13.9 Å². The molecule has 1 saturated heterocycles. The van der Waals surface area contributed by atoms with Crippen LogP contribution in [-0.2, 0) is 10.0 Å². The lowest BCUT2D eigenvalue weighted by Gasteiger charge is -2.17. The number of nitrogens with zero attached hydrogens (tertiary/aromatic N) is 1. The zero-order valence-electron chi connectivity index (χ0n) is 16.6. The van der Waals surface area contributed by atoms with Crippen LogP contribution in [0.25, 0.3) is 0 Å². The van der Waals surface area contributed by atoms with Crippen LogP contribution in [0.4, 0.5) is 17.1 Å². The predicted molar refractivity (Wildman–Crippen MR) is 121 cm³/mol. The molecular formula is C23H21N3O4S. The molecule has 0 spiro atoms. The van der Waals surface area contributed by atoms with Gasteiger partial charge in [-0.2, -0.15) is 0 Å². The molecule has 158 valence electrons. The van der Waals surface area contributed by atoms with E-state index in [-0.39, 0.29) is 17.6 Å². The zero-order valence-corrected chi connectivity index (χ0v) is 17.4. The molecule has 2 amide bonds. The largest absolute Gasteiger partial charge is 0.320 e. The van der Waals surface area contributed by atoms with Gasteiger partial charge in [0.1, 0.15) is 0 Å². The van der Waals surface area contributed by atoms with Crippen molar-refractivity contribution in [3.05, 3.63) is 90.0 Å². The molecule has 1 aliphatic rings. The fourth-order valence-corrected chi connectivity index (χ4v) is 4.95. The number of hydrogen-bond donors (Lipinski definition) is 2. The monoisotopic (exact) mass is 435 g/mol. The summed E-state index contributed by atoms with van der Waals surface area (Å²) in [4.78, 5) is 25.2. The molecule has 0 atom stereocenters. The molecule has 3 aromatic rings. The Morgan fingerprint density at radius 1 is 0.710 bits per heavy atom. The summed E-state index contributed by atoms with van der Waals surface area (Å²) in [6.45, 7) is 0.447. The molecule has 8 heteroatoms. The maximum Gasteiger partial charge on any atom is 0.255 e. The molecule has 0 aromatic heterocycles. The maximum absolute atomic E-state index is 12.7. The minimum atomic E-state index is -3.27. The normalized spacial score (nSPS) is 14.8. The Labute approximate surface area is 180 Å². The van der Waals surface area contributed by atoms with Gasteiger partial charge in [-0.05, 0) is 55.0 Å². The fourth-order valence-electron chi connectivity index (χ4n) is 3.39. The van der Waals surface area contributed by atoms with Crippen LogP contribution >= 0.6 is 0 Å². The van der Waals surface area contributed by atoms with Gasteiger partial charge < -0.3 is 10.6 Å². The highest BCUT2D eigenvalue weighted by Crippen LogP contribution is 2.26. The Bertz CT molecular complexity index is 1210. The van der Waals surface area contributed by atoms with E-state index in [4.69, 9.17) is 0 Å². The quantitative estimate of drug-likeness (QED) is 0.638. The highest BCUT2D eigenvalue weighted by molar-refractivity contribution is 7.93. The third-order valence-electron chi connectivity index (χ3n) is 4.98. The number of anilines is 3. The molecule has 2 N–H and O–H groups in total. The molecule has 0 aliphatic carbocycles. The average Bonchev–Trinajstić information content (AvgIpc) is 3.14. The van der Waals surface area contributed by atoms with E-state index in [1.807, 2.05) is 6.07 Å². The molecule has 0 unspecified atom stereocenters. The summed E-state index contributed by atoms with van der Waals surface area (Å²) in [6.07, 6.45) is 0.593. The van der Waals surface area contributed by atoms with Crippen molar-refractivity contribution in [2.45, 2.75) is 6.42 Å². The van der Waals surface area contributed by atoms with Gasteiger partial charge in [0.25, 0.3) is 11.8 Å². The Kier molecular flexibility index (Phi) is 5.73. The molecule has 1 fully saturated rings. The highest BCUT2D eigenvalue weighted by atomic mass is 32.2. The van der Waals surface area contributed by atoms with Crippen molar-refractivity contribution in [1.29, 1.82) is 0 Å². The number of benzene rings is 3. The van der Waals surface area contributed by atoms with Gasteiger partial charge in [0.05, 0.1) is 22.8 Å². The van der Waals surface area contributed by atoms with Crippen molar-refractivity contribution in [2.24, 2.45) is 0 Å². The van der Waals surface area contributed by atoms with Crippen molar-refractivity contribution < 1.29 is 18.0 Å². The van der Waals surface area contributed by atoms with E-state index in [0.717, 1.165) is 0 Å². The van der Waals surface area contributed by atoms with Gasteiger partial charge in [0, 0.05) is 17.7 Å². The SMILES string of the molecule is O=C(Nc1ccccc1NC(=O)c1ccc(N2CCCS2(=O)=O)cc1)c1ccccc1. The summed E-state index contributed by atoms with van der Waals surface area (Å²) >= 11 is 0. The molecule has 3 aromatic carbocycles. The van der Waals surface area contributed by atoms with Gasteiger partial charge in [0.15, 0.2) is 0 Å². The topological polar surface area (TPSA) is 95.6 Å². The Morgan fingerprint density at radius 3 is 1.74 bits per heavy atom. The number of rotatable bonds is 5. The lowest BCUT2D eigenvalue weighted by Crippen LogP contribution is -2.25. The zero-order chi connectivity index (χ0) is 21.8. The molecule has 1 heterocycles. The fraction of sp³-hybridized carbons (Fsp3) is 0.130. The highest BCUT2D eigenvalue weighted by Gasteiger charge is 2.28. The number of para-hydroxylation sites is 2. The summed E-state index contributed by atoms with van der Waals surface area (Å²) in [5.41, 5.74) is 2.37. The predicted octanol–water partition coefficient (Wildman–Crippen LogP) is 3.73. The van der Waals surface area contributed by atoms with Gasteiger partial charge in [0.2, 0.25) is 10.0 Å². The third-order valence-corrected chi connectivity index (χ3v) is 6.85. The summed E-state index contributed by atoms with van der Waals surface area (Å²) < 4.78 is 25.5. The van der Waals surface area contributed by atoms with Crippen LogP contribution in [0.2, 0.25) is 0 Å². The van der Waals surface area contributed by atoms with Crippen LogP contribution in [0.1, 0.15) is 27.1 Å². The first-order chi connectivity index (χ1) is 14.9. The number of nitrogens with one attached hydrogen (secondary N) is 2. The van der Waals surface area contributed by atoms with E-state index in [9.17, 15) is 18.0 Å². The lowest BCUT2D eigenvalue weighted by molar-refractivity contribution is 0.101. The first-order valence-corrected chi connectivity index (χ1v) is 11.4. The van der Waals surface area contributed by atoms with E-state index in [2.05, 4.69) is 10.6 Å². The van der Waals surface area contributed by atoms with Crippen molar-refractivity contribution >= 4 is 38.9 Å². The number of amides is 2. The number of carbonyl (C=O) groups is 2. The summed E-state index contributed by atoms with van der Waals surface area (Å²) in [6, 6.07) is 22.2. The molecule has 0 saturated carbocycles. The van der Waals surface area contributed by atoms with Gasteiger partial charge in [-0.25, -0.2) is 8.42 Å². The molecule has 1 aliphatic heterocycles. The summed E-state index contributed by atoms with van der Waals surface area (Å²) in [5, 5.41) is 5.62. The van der Waals surface area contributed by atoms with Crippen molar-refractivity contribution in [3.8, 4) is 0 Å². The average molecular weight is 436 g/mol. The minimum absolute atomic E-state index is 0.140. The van der Waals surface area contributed by atoms with Crippen molar-refractivity contribution in [2.75, 3.05) is 27.2 Å².